The monoisotopic (exact) mass is 416 g/mol. The van der Waals surface area contributed by atoms with Crippen molar-refractivity contribution in [2.24, 2.45) is 0 Å². The van der Waals surface area contributed by atoms with E-state index in [-0.39, 0.29) is 11.9 Å². The van der Waals surface area contributed by atoms with E-state index in [1.54, 1.807) is 32.4 Å². The van der Waals surface area contributed by atoms with Crippen molar-refractivity contribution in [2.75, 3.05) is 40.4 Å². The van der Waals surface area contributed by atoms with Crippen LogP contribution in [0, 0.1) is 0 Å². The minimum absolute atomic E-state index is 0.0246. The Bertz CT molecular complexity index is 960. The maximum atomic E-state index is 13.1. The number of carbonyl (C=O) groups is 1. The summed E-state index contributed by atoms with van der Waals surface area (Å²) in [6.45, 7) is 2.99. The van der Waals surface area contributed by atoms with Crippen LogP contribution in [0.3, 0.4) is 0 Å². The van der Waals surface area contributed by atoms with E-state index >= 15 is 0 Å². The molecule has 4 rings (SSSR count). The zero-order valence-electron chi connectivity index (χ0n) is 18.0. The Labute approximate surface area is 183 Å². The lowest BCUT2D eigenvalue weighted by Gasteiger charge is -2.39. The van der Waals surface area contributed by atoms with Crippen molar-refractivity contribution >= 4 is 5.91 Å². The summed E-state index contributed by atoms with van der Waals surface area (Å²) in [6, 6.07) is 26.7. The van der Waals surface area contributed by atoms with Crippen molar-refractivity contribution < 1.29 is 14.3 Å². The van der Waals surface area contributed by atoms with Gasteiger partial charge in [-0.1, -0.05) is 60.7 Å². The van der Waals surface area contributed by atoms with Crippen molar-refractivity contribution in [3.63, 3.8) is 0 Å². The summed E-state index contributed by atoms with van der Waals surface area (Å²) >= 11 is 0. The highest BCUT2D eigenvalue weighted by molar-refractivity contribution is 5.95. The fraction of sp³-hybridized carbons (Fsp3) is 0.269. The molecule has 0 aromatic heterocycles. The molecule has 31 heavy (non-hydrogen) atoms. The smallest absolute Gasteiger partial charge is 0.254 e. The number of piperazine rings is 1. The number of methoxy groups -OCH3 is 2. The van der Waals surface area contributed by atoms with Gasteiger partial charge in [0.2, 0.25) is 0 Å². The second kappa shape index (κ2) is 9.67. The number of benzene rings is 3. The SMILES string of the molecule is COc1ccc(C(=O)N2CCN(C(c3ccccc3)c3ccccc3)CC2)cc1OC. The number of amides is 1. The Morgan fingerprint density at radius 1 is 0.742 bits per heavy atom. The van der Waals surface area contributed by atoms with Gasteiger partial charge in [-0.25, -0.2) is 0 Å². The van der Waals surface area contributed by atoms with E-state index in [2.05, 4.69) is 53.4 Å². The third-order valence-electron chi connectivity index (χ3n) is 5.83. The molecule has 1 aliphatic heterocycles. The molecular weight excluding hydrogens is 388 g/mol. The molecule has 5 nitrogen and oxygen atoms in total. The molecule has 3 aromatic carbocycles. The van der Waals surface area contributed by atoms with Crippen molar-refractivity contribution in [3.8, 4) is 11.5 Å². The van der Waals surface area contributed by atoms with Crippen LogP contribution in [0.5, 0.6) is 11.5 Å². The van der Waals surface area contributed by atoms with E-state index in [1.165, 1.54) is 11.1 Å². The predicted octanol–water partition coefficient (Wildman–Crippen LogP) is 4.25. The van der Waals surface area contributed by atoms with Crippen LogP contribution < -0.4 is 9.47 Å². The molecule has 0 saturated carbocycles. The molecule has 0 N–H and O–H groups in total. The Balaban J connectivity index is 1.50. The normalized spacial score (nSPS) is 14.5. The molecule has 1 aliphatic rings. The van der Waals surface area contributed by atoms with Crippen molar-refractivity contribution in [2.45, 2.75) is 6.04 Å². The summed E-state index contributed by atoms with van der Waals surface area (Å²) in [5.74, 6) is 1.22. The zero-order chi connectivity index (χ0) is 21.6. The first-order valence-electron chi connectivity index (χ1n) is 10.6. The van der Waals surface area contributed by atoms with Crippen LogP contribution in [0.2, 0.25) is 0 Å². The lowest BCUT2D eigenvalue weighted by Crippen LogP contribution is -2.49. The van der Waals surface area contributed by atoms with Crippen LogP contribution in [0.4, 0.5) is 0 Å². The van der Waals surface area contributed by atoms with Gasteiger partial charge in [0.1, 0.15) is 0 Å². The van der Waals surface area contributed by atoms with Crippen LogP contribution in [-0.4, -0.2) is 56.1 Å². The van der Waals surface area contributed by atoms with E-state index in [0.29, 0.717) is 30.2 Å². The molecular formula is C26H28N2O3. The Morgan fingerprint density at radius 3 is 1.81 bits per heavy atom. The molecule has 0 radical (unpaired) electrons. The number of ether oxygens (including phenoxy) is 2. The lowest BCUT2D eigenvalue weighted by atomic mass is 9.96. The highest BCUT2D eigenvalue weighted by atomic mass is 16.5. The zero-order valence-corrected chi connectivity index (χ0v) is 18.0. The van der Waals surface area contributed by atoms with Crippen molar-refractivity contribution in [1.82, 2.24) is 9.80 Å². The van der Waals surface area contributed by atoms with E-state index in [4.69, 9.17) is 9.47 Å². The molecule has 3 aromatic rings. The quantitative estimate of drug-likeness (QED) is 0.602. The van der Waals surface area contributed by atoms with Gasteiger partial charge in [-0.3, -0.25) is 9.69 Å². The third-order valence-corrected chi connectivity index (χ3v) is 5.83. The fourth-order valence-corrected chi connectivity index (χ4v) is 4.22. The first-order valence-corrected chi connectivity index (χ1v) is 10.6. The van der Waals surface area contributed by atoms with Gasteiger partial charge in [-0.15, -0.1) is 0 Å². The maximum absolute atomic E-state index is 13.1. The molecule has 1 amide bonds. The number of carbonyl (C=O) groups excluding carboxylic acids is 1. The third kappa shape index (κ3) is 4.57. The second-order valence-corrected chi connectivity index (χ2v) is 7.62. The molecule has 1 heterocycles. The van der Waals surface area contributed by atoms with Gasteiger partial charge in [0.05, 0.1) is 20.3 Å². The Hall–Kier alpha value is -3.31. The van der Waals surface area contributed by atoms with E-state index in [9.17, 15) is 4.79 Å². The number of hydrogen-bond acceptors (Lipinski definition) is 4. The van der Waals surface area contributed by atoms with Crippen LogP contribution in [0.1, 0.15) is 27.5 Å². The summed E-state index contributed by atoms with van der Waals surface area (Å²) in [7, 11) is 3.17. The van der Waals surface area contributed by atoms with E-state index in [0.717, 1.165) is 13.1 Å². The topological polar surface area (TPSA) is 42.0 Å². The molecule has 0 bridgehead atoms. The van der Waals surface area contributed by atoms with Gasteiger partial charge in [0, 0.05) is 31.7 Å². The predicted molar refractivity (Wildman–Crippen MR) is 122 cm³/mol. The molecule has 0 spiro atoms. The van der Waals surface area contributed by atoms with Gasteiger partial charge in [-0.05, 0) is 29.3 Å². The number of rotatable bonds is 6. The molecule has 5 heteroatoms. The lowest BCUT2D eigenvalue weighted by molar-refractivity contribution is 0.0597. The van der Waals surface area contributed by atoms with Crippen LogP contribution in [0.15, 0.2) is 78.9 Å². The molecule has 160 valence electrons. The first-order chi connectivity index (χ1) is 15.2. The van der Waals surface area contributed by atoms with Gasteiger partial charge < -0.3 is 14.4 Å². The van der Waals surface area contributed by atoms with Crippen LogP contribution in [-0.2, 0) is 0 Å². The Kier molecular flexibility index (Phi) is 6.53. The van der Waals surface area contributed by atoms with Crippen LogP contribution >= 0.6 is 0 Å². The van der Waals surface area contributed by atoms with E-state index in [1.807, 2.05) is 17.0 Å². The summed E-state index contributed by atoms with van der Waals surface area (Å²) < 4.78 is 10.6. The minimum Gasteiger partial charge on any atom is -0.493 e. The highest BCUT2D eigenvalue weighted by Gasteiger charge is 2.28. The van der Waals surface area contributed by atoms with Crippen molar-refractivity contribution in [1.29, 1.82) is 0 Å². The number of hydrogen-bond donors (Lipinski definition) is 0. The van der Waals surface area contributed by atoms with Gasteiger partial charge in [-0.2, -0.15) is 0 Å². The summed E-state index contributed by atoms with van der Waals surface area (Å²) in [5, 5.41) is 0. The molecule has 0 aliphatic carbocycles. The molecule has 1 fully saturated rings. The highest BCUT2D eigenvalue weighted by Crippen LogP contribution is 2.31. The number of nitrogens with zero attached hydrogens (tertiary/aromatic N) is 2. The van der Waals surface area contributed by atoms with Gasteiger partial charge in [0.15, 0.2) is 11.5 Å². The minimum atomic E-state index is 0.0246. The molecule has 0 unspecified atom stereocenters. The maximum Gasteiger partial charge on any atom is 0.254 e. The summed E-state index contributed by atoms with van der Waals surface area (Å²) in [4.78, 5) is 17.5. The van der Waals surface area contributed by atoms with Gasteiger partial charge >= 0.3 is 0 Å². The van der Waals surface area contributed by atoms with Crippen LogP contribution in [0.25, 0.3) is 0 Å². The first kappa shape index (κ1) is 20.9. The van der Waals surface area contributed by atoms with Crippen molar-refractivity contribution in [3.05, 3.63) is 95.6 Å². The summed E-state index contributed by atoms with van der Waals surface area (Å²) in [6.07, 6.45) is 0. The van der Waals surface area contributed by atoms with Gasteiger partial charge in [0.25, 0.3) is 5.91 Å². The average Bonchev–Trinajstić information content (AvgIpc) is 2.85. The second-order valence-electron chi connectivity index (χ2n) is 7.62. The fourth-order valence-electron chi connectivity index (χ4n) is 4.22. The standard InChI is InChI=1S/C26H28N2O3/c1-30-23-14-13-22(19-24(23)31-2)26(29)28-17-15-27(16-18-28)25(20-9-5-3-6-10-20)21-11-7-4-8-12-21/h3-14,19,25H,15-18H2,1-2H3. The molecule has 0 atom stereocenters. The van der Waals surface area contributed by atoms with E-state index < -0.39 is 0 Å². The molecule has 1 saturated heterocycles. The summed E-state index contributed by atoms with van der Waals surface area (Å²) in [5.41, 5.74) is 3.16. The average molecular weight is 417 g/mol. The largest absolute Gasteiger partial charge is 0.493 e. The Morgan fingerprint density at radius 2 is 1.29 bits per heavy atom.